The van der Waals surface area contributed by atoms with Gasteiger partial charge in [0.2, 0.25) is 0 Å². The molecule has 30 heavy (non-hydrogen) atoms. The second-order valence-electron chi connectivity index (χ2n) is 6.65. The Kier molecular flexibility index (Phi) is 6.84. The molecule has 5 nitrogen and oxygen atoms in total. The Hall–Kier alpha value is -3.19. The lowest BCUT2D eigenvalue weighted by molar-refractivity contribution is 0.0526. The minimum atomic E-state index is -0.653. The van der Waals surface area contributed by atoms with E-state index in [-0.39, 0.29) is 17.4 Å². The number of hydrogen-bond donors (Lipinski definition) is 1. The first kappa shape index (κ1) is 21.5. The van der Waals surface area contributed by atoms with Crippen molar-refractivity contribution < 1.29 is 18.7 Å². The smallest absolute Gasteiger partial charge is 0.351 e. The van der Waals surface area contributed by atoms with Gasteiger partial charge in [-0.25, -0.2) is 9.18 Å². The highest BCUT2D eigenvalue weighted by Gasteiger charge is 2.30. The number of hydrogen-bond acceptors (Lipinski definition) is 5. The minimum absolute atomic E-state index is 0.0128. The van der Waals surface area contributed by atoms with Crippen LogP contribution in [0.15, 0.2) is 60.8 Å². The fourth-order valence-electron chi connectivity index (χ4n) is 3.24. The van der Waals surface area contributed by atoms with Gasteiger partial charge in [-0.1, -0.05) is 24.8 Å². The molecular formula is C23H23FN2O3S. The van der Waals surface area contributed by atoms with Gasteiger partial charge in [0.1, 0.15) is 4.88 Å². The maximum atomic E-state index is 14.9. The highest BCUT2D eigenvalue weighted by Crippen LogP contribution is 2.34. The van der Waals surface area contributed by atoms with E-state index in [1.54, 1.807) is 54.3 Å². The Morgan fingerprint density at radius 1 is 1.30 bits per heavy atom. The third kappa shape index (κ3) is 4.52. The summed E-state index contributed by atoms with van der Waals surface area (Å²) in [5.41, 5.74) is 7.98. The highest BCUT2D eigenvalue weighted by molar-refractivity contribution is 7.14. The molecule has 3 rings (SSSR count). The van der Waals surface area contributed by atoms with Gasteiger partial charge in [0.25, 0.3) is 5.91 Å². The van der Waals surface area contributed by atoms with Crippen molar-refractivity contribution in [3.63, 3.8) is 0 Å². The van der Waals surface area contributed by atoms with E-state index in [2.05, 4.69) is 6.58 Å². The Bertz CT molecular complexity index is 1020. The average Bonchev–Trinajstić information content (AvgIpc) is 2.92. The summed E-state index contributed by atoms with van der Waals surface area (Å²) in [7, 11) is 0. The van der Waals surface area contributed by atoms with Crippen LogP contribution in [0, 0.1) is 5.82 Å². The van der Waals surface area contributed by atoms with Crippen LogP contribution < -0.4 is 5.73 Å². The summed E-state index contributed by atoms with van der Waals surface area (Å²) in [6, 6.07) is 6.70. The van der Waals surface area contributed by atoms with Crippen molar-refractivity contribution in [2.45, 2.75) is 19.8 Å². The van der Waals surface area contributed by atoms with Crippen LogP contribution in [0.4, 0.5) is 10.1 Å². The van der Waals surface area contributed by atoms with Crippen LogP contribution in [0.2, 0.25) is 0 Å². The fourth-order valence-corrected chi connectivity index (χ4v) is 4.38. The van der Waals surface area contributed by atoms with Crippen molar-refractivity contribution in [3.05, 3.63) is 87.5 Å². The molecule has 0 radical (unpaired) electrons. The van der Waals surface area contributed by atoms with Crippen molar-refractivity contribution in [2.24, 2.45) is 0 Å². The molecule has 156 valence electrons. The van der Waals surface area contributed by atoms with Crippen molar-refractivity contribution in [2.75, 3.05) is 18.9 Å². The molecule has 0 aliphatic carbocycles. The SMILES string of the molecule is C=C/C=C\C=C1/Cc2sc(C(=O)OCC)c(F)c2CCN1C(=O)c1ccc(N)cc1. The number of anilines is 1. The zero-order valence-corrected chi connectivity index (χ0v) is 17.5. The lowest BCUT2D eigenvalue weighted by Gasteiger charge is -2.23. The number of nitrogens with two attached hydrogens (primary N) is 1. The number of benzene rings is 1. The summed E-state index contributed by atoms with van der Waals surface area (Å²) in [6.45, 7) is 5.81. The molecule has 0 saturated heterocycles. The number of nitrogen functional groups attached to an aromatic ring is 1. The number of carbonyl (C=O) groups is 2. The normalized spacial score (nSPS) is 15.1. The van der Waals surface area contributed by atoms with Gasteiger partial charge in [0.15, 0.2) is 5.82 Å². The summed E-state index contributed by atoms with van der Waals surface area (Å²) in [6.07, 6.45) is 7.62. The standard InChI is InChI=1S/C23H23FN2O3S/c1-3-5-6-7-17-14-19-18(20(24)21(30-19)23(28)29-4-2)12-13-26(17)22(27)15-8-10-16(25)11-9-15/h3,5-11H,1,4,12-14,25H2,2H3/b6-5-,17-7+. The third-order valence-electron chi connectivity index (χ3n) is 4.70. The van der Waals surface area contributed by atoms with Crippen LogP contribution in [0.25, 0.3) is 0 Å². The molecule has 0 spiro atoms. The van der Waals surface area contributed by atoms with Gasteiger partial charge in [-0.15, -0.1) is 11.3 Å². The number of fused-ring (bicyclic) bond motifs is 1. The summed E-state index contributed by atoms with van der Waals surface area (Å²) >= 11 is 1.09. The molecule has 7 heteroatoms. The molecule has 1 aliphatic rings. The van der Waals surface area contributed by atoms with Gasteiger partial charge in [-0.3, -0.25) is 4.79 Å². The topological polar surface area (TPSA) is 72.6 Å². The quantitative estimate of drug-likeness (QED) is 0.434. The van der Waals surface area contributed by atoms with E-state index in [4.69, 9.17) is 10.5 Å². The maximum absolute atomic E-state index is 14.9. The van der Waals surface area contributed by atoms with E-state index in [9.17, 15) is 14.0 Å². The zero-order chi connectivity index (χ0) is 21.7. The van der Waals surface area contributed by atoms with E-state index in [1.807, 2.05) is 6.08 Å². The summed E-state index contributed by atoms with van der Waals surface area (Å²) in [5, 5.41) is 0. The number of carbonyl (C=O) groups excluding carboxylic acids is 2. The highest BCUT2D eigenvalue weighted by atomic mass is 32.1. The Labute approximate surface area is 179 Å². The predicted octanol–water partition coefficient (Wildman–Crippen LogP) is 4.51. The fraction of sp³-hybridized carbons (Fsp3) is 0.217. The van der Waals surface area contributed by atoms with Crippen LogP contribution in [0.1, 0.15) is 37.4 Å². The molecule has 0 saturated carbocycles. The van der Waals surface area contributed by atoms with E-state index in [0.717, 1.165) is 16.2 Å². The molecule has 1 aromatic carbocycles. The molecule has 2 aromatic rings. The molecule has 0 bridgehead atoms. The Morgan fingerprint density at radius 2 is 2.03 bits per heavy atom. The number of rotatable bonds is 5. The summed E-state index contributed by atoms with van der Waals surface area (Å²) in [4.78, 5) is 27.6. The van der Waals surface area contributed by atoms with E-state index >= 15 is 0 Å². The van der Waals surface area contributed by atoms with Crippen LogP contribution in [-0.2, 0) is 17.6 Å². The van der Waals surface area contributed by atoms with Crippen molar-refractivity contribution in [3.8, 4) is 0 Å². The van der Waals surface area contributed by atoms with Gasteiger partial charge in [-0.05, 0) is 43.7 Å². The minimum Gasteiger partial charge on any atom is -0.462 e. The number of amides is 1. The van der Waals surface area contributed by atoms with Gasteiger partial charge < -0.3 is 15.4 Å². The number of allylic oxidation sites excluding steroid dienone is 5. The predicted molar refractivity (Wildman–Crippen MR) is 117 cm³/mol. The van der Waals surface area contributed by atoms with Gasteiger partial charge >= 0.3 is 5.97 Å². The number of halogens is 1. The van der Waals surface area contributed by atoms with Crippen molar-refractivity contribution in [1.29, 1.82) is 0 Å². The van der Waals surface area contributed by atoms with E-state index in [1.165, 1.54) is 0 Å². The third-order valence-corrected chi connectivity index (χ3v) is 5.89. The van der Waals surface area contributed by atoms with Crippen molar-refractivity contribution in [1.82, 2.24) is 4.90 Å². The van der Waals surface area contributed by atoms with Crippen LogP contribution in [0.5, 0.6) is 0 Å². The molecule has 0 unspecified atom stereocenters. The van der Waals surface area contributed by atoms with Crippen LogP contribution >= 0.6 is 11.3 Å². The van der Waals surface area contributed by atoms with E-state index < -0.39 is 11.8 Å². The number of nitrogens with zero attached hydrogens (tertiary/aromatic N) is 1. The summed E-state index contributed by atoms with van der Waals surface area (Å²) in [5.74, 6) is -1.38. The Morgan fingerprint density at radius 3 is 2.70 bits per heavy atom. The number of ether oxygens (including phenoxy) is 1. The maximum Gasteiger partial charge on any atom is 0.351 e. The molecule has 1 amide bonds. The van der Waals surface area contributed by atoms with Crippen molar-refractivity contribution >= 4 is 28.9 Å². The molecule has 1 aromatic heterocycles. The first-order valence-electron chi connectivity index (χ1n) is 9.59. The average molecular weight is 427 g/mol. The monoisotopic (exact) mass is 426 g/mol. The second kappa shape index (κ2) is 9.54. The van der Waals surface area contributed by atoms with Gasteiger partial charge in [0, 0.05) is 40.4 Å². The summed E-state index contributed by atoms with van der Waals surface area (Å²) < 4.78 is 19.9. The number of esters is 1. The van der Waals surface area contributed by atoms with Gasteiger partial charge in [0.05, 0.1) is 6.61 Å². The van der Waals surface area contributed by atoms with E-state index in [0.29, 0.717) is 41.9 Å². The largest absolute Gasteiger partial charge is 0.462 e. The molecule has 2 N–H and O–H groups in total. The second-order valence-corrected chi connectivity index (χ2v) is 7.76. The number of thiophene rings is 1. The lowest BCUT2D eigenvalue weighted by atomic mass is 10.1. The first-order valence-corrected chi connectivity index (χ1v) is 10.4. The molecule has 2 heterocycles. The first-order chi connectivity index (χ1) is 14.5. The zero-order valence-electron chi connectivity index (χ0n) is 16.7. The molecule has 0 atom stereocenters. The van der Waals surface area contributed by atoms with Crippen LogP contribution in [0.3, 0.4) is 0 Å². The molecule has 0 fully saturated rings. The lowest BCUT2D eigenvalue weighted by Crippen LogP contribution is -2.32. The van der Waals surface area contributed by atoms with Gasteiger partial charge in [-0.2, -0.15) is 0 Å². The van der Waals surface area contributed by atoms with Crippen LogP contribution in [-0.4, -0.2) is 29.9 Å². The molecular weight excluding hydrogens is 403 g/mol. The Balaban J connectivity index is 1.97. The molecule has 1 aliphatic heterocycles.